The molecule has 1 heterocycles. The van der Waals surface area contributed by atoms with E-state index in [1.165, 1.54) is 0 Å². The van der Waals surface area contributed by atoms with Gasteiger partial charge >= 0.3 is 0 Å². The van der Waals surface area contributed by atoms with E-state index in [0.29, 0.717) is 30.3 Å². The minimum atomic E-state index is -5.49. The fraction of sp³-hybridized carbons (Fsp3) is 0. The van der Waals surface area contributed by atoms with E-state index in [2.05, 4.69) is 40.7 Å². The summed E-state index contributed by atoms with van der Waals surface area (Å²) >= 11 is 5.76. The van der Waals surface area contributed by atoms with Crippen molar-refractivity contribution >= 4 is 119 Å². The maximum atomic E-state index is 12.5. The lowest BCUT2D eigenvalue weighted by Gasteiger charge is -2.14. The summed E-state index contributed by atoms with van der Waals surface area (Å²) in [5, 5.41) is 26.1. The van der Waals surface area contributed by atoms with Crippen molar-refractivity contribution in [1.82, 2.24) is 15.0 Å². The Kier molecular flexibility index (Phi) is 11.0. The average molecular weight is 911 g/mol. The van der Waals surface area contributed by atoms with Crippen LogP contribution in [0.5, 0.6) is 5.75 Å². The van der Waals surface area contributed by atoms with Crippen LogP contribution in [0.4, 0.5) is 46.0 Å². The Morgan fingerprint density at radius 3 is 1.58 bits per heavy atom. The number of hydrogen-bond donors (Lipinski definition) is 9. The molecule has 26 nitrogen and oxygen atoms in total. The van der Waals surface area contributed by atoms with Gasteiger partial charge in [0.05, 0.1) is 16.0 Å². The summed E-state index contributed by atoms with van der Waals surface area (Å²) in [6.45, 7) is 0. The molecule has 0 bridgehead atoms. The molecule has 0 spiro atoms. The summed E-state index contributed by atoms with van der Waals surface area (Å²) in [4.78, 5) is 5.34. The van der Waals surface area contributed by atoms with Crippen LogP contribution < -0.4 is 16.8 Å². The van der Waals surface area contributed by atoms with Gasteiger partial charge in [-0.15, -0.1) is 20.5 Å². The van der Waals surface area contributed by atoms with E-state index >= 15 is 0 Å². The molecule has 57 heavy (non-hydrogen) atoms. The van der Waals surface area contributed by atoms with Crippen LogP contribution in [0.2, 0.25) is 5.28 Å². The normalized spacial score (nSPS) is 13.2. The van der Waals surface area contributed by atoms with Gasteiger partial charge in [-0.25, -0.2) is 0 Å². The van der Waals surface area contributed by atoms with Gasteiger partial charge in [0.1, 0.15) is 42.3 Å². The van der Waals surface area contributed by atoms with Gasteiger partial charge in [0.15, 0.2) is 5.75 Å². The molecule has 0 saturated carbocycles. The Hall–Kier alpha value is -5.61. The highest BCUT2D eigenvalue weighted by molar-refractivity contribution is 7.87. The number of azo groups is 2. The molecule has 32 heteroatoms. The Balaban J connectivity index is 1.78. The van der Waals surface area contributed by atoms with E-state index in [9.17, 15) is 70.0 Å². The maximum absolute atomic E-state index is 12.5. The summed E-state index contributed by atoms with van der Waals surface area (Å²) in [6, 6.07) is 5.02. The van der Waals surface area contributed by atoms with Crippen LogP contribution in [0.1, 0.15) is 0 Å². The van der Waals surface area contributed by atoms with Gasteiger partial charge in [0, 0.05) is 5.69 Å². The summed E-state index contributed by atoms with van der Waals surface area (Å²) < 4.78 is 170. The predicted molar refractivity (Wildman–Crippen MR) is 193 cm³/mol. The Bertz CT molecular complexity index is 3170. The van der Waals surface area contributed by atoms with Crippen LogP contribution in [0.3, 0.4) is 0 Å². The fourth-order valence-electron chi connectivity index (χ4n) is 4.71. The number of nitrogen functional groups attached to an aromatic ring is 2. The molecule has 11 N–H and O–H groups in total. The Morgan fingerprint density at radius 1 is 0.579 bits per heavy atom. The highest BCUT2D eigenvalue weighted by Gasteiger charge is 2.29. The van der Waals surface area contributed by atoms with E-state index in [4.69, 9.17) is 23.1 Å². The number of hydrogen-bond acceptors (Lipinski definition) is 21. The largest absolute Gasteiger partial charge is 0.505 e. The van der Waals surface area contributed by atoms with E-state index in [1.807, 2.05) is 0 Å². The lowest BCUT2D eigenvalue weighted by molar-refractivity contribution is 0.472. The van der Waals surface area contributed by atoms with Crippen LogP contribution in [0.15, 0.2) is 93.5 Å². The first-order chi connectivity index (χ1) is 26.1. The predicted octanol–water partition coefficient (Wildman–Crippen LogP) is 3.36. The minimum absolute atomic E-state index is 0.0907. The minimum Gasteiger partial charge on any atom is -0.505 e. The number of nitrogens with one attached hydrogen (secondary N) is 1. The first kappa shape index (κ1) is 42.5. The van der Waals surface area contributed by atoms with Crippen molar-refractivity contribution < 1.29 is 70.0 Å². The Labute approximate surface area is 323 Å². The fourth-order valence-corrected chi connectivity index (χ4v) is 7.91. The third kappa shape index (κ3) is 9.34. The molecule has 302 valence electrons. The number of aromatic hydroxyl groups is 1. The molecule has 4 aromatic carbocycles. The van der Waals surface area contributed by atoms with Gasteiger partial charge in [-0.05, 0) is 65.5 Å². The third-order valence-corrected chi connectivity index (χ3v) is 11.6. The molecule has 0 unspecified atom stereocenters. The molecular weight excluding hydrogens is 892 g/mol. The second-order valence-corrected chi connectivity index (χ2v) is 18.1. The molecule has 5 rings (SSSR count). The molecule has 0 aliphatic heterocycles. The lowest BCUT2D eigenvalue weighted by Crippen LogP contribution is -2.04. The summed E-state index contributed by atoms with van der Waals surface area (Å²) in [7, 11) is -26.4. The van der Waals surface area contributed by atoms with Gasteiger partial charge in [-0.2, -0.15) is 57.0 Å². The van der Waals surface area contributed by atoms with Crippen molar-refractivity contribution in [2.45, 2.75) is 24.5 Å². The number of fused-ring (bicyclic) bond motifs is 1. The highest BCUT2D eigenvalue weighted by Crippen LogP contribution is 2.48. The second-order valence-electron chi connectivity index (χ2n) is 10.8. The average Bonchev–Trinajstić information content (AvgIpc) is 3.04. The van der Waals surface area contributed by atoms with Crippen LogP contribution in [0.25, 0.3) is 10.8 Å². The molecule has 0 fully saturated rings. The van der Waals surface area contributed by atoms with Gasteiger partial charge in [-0.1, -0.05) is 0 Å². The molecule has 0 aliphatic carbocycles. The summed E-state index contributed by atoms with van der Waals surface area (Å²) in [5.74, 6) is -1.97. The zero-order valence-electron chi connectivity index (χ0n) is 27.1. The van der Waals surface area contributed by atoms with E-state index < -0.39 is 120 Å². The zero-order valence-corrected chi connectivity index (χ0v) is 31.9. The molecule has 5 aromatic rings. The molecule has 0 amide bonds. The first-order valence-electron chi connectivity index (χ1n) is 14.1. The van der Waals surface area contributed by atoms with Crippen LogP contribution in [0, 0.1) is 0 Å². The maximum Gasteiger partial charge on any atom is 0.296 e. The van der Waals surface area contributed by atoms with Gasteiger partial charge in [0.25, 0.3) is 50.6 Å². The quantitative estimate of drug-likeness (QED) is 0.0521. The smallest absolute Gasteiger partial charge is 0.296 e. The number of aromatic nitrogens is 3. The van der Waals surface area contributed by atoms with Crippen molar-refractivity contribution in [1.29, 1.82) is 0 Å². The molecule has 0 saturated heterocycles. The van der Waals surface area contributed by atoms with Gasteiger partial charge in [-0.3, -0.25) is 22.8 Å². The van der Waals surface area contributed by atoms with Gasteiger partial charge in [0.2, 0.25) is 17.2 Å². The zero-order chi connectivity index (χ0) is 42.6. The van der Waals surface area contributed by atoms with Crippen LogP contribution in [-0.4, -0.2) is 84.9 Å². The first-order valence-corrected chi connectivity index (χ1v) is 21.7. The number of halogens is 1. The molecule has 0 radical (unpaired) electrons. The van der Waals surface area contributed by atoms with E-state index in [1.54, 1.807) is 0 Å². The number of benzene rings is 4. The molecular formula is C25H19ClN10O16S5. The molecule has 1 aromatic heterocycles. The Morgan fingerprint density at radius 2 is 1.07 bits per heavy atom. The number of phenolic OH excluding ortho intramolecular Hbond substituents is 1. The van der Waals surface area contributed by atoms with Crippen molar-refractivity contribution in [3.8, 4) is 5.75 Å². The van der Waals surface area contributed by atoms with Crippen molar-refractivity contribution in [2.24, 2.45) is 20.5 Å². The van der Waals surface area contributed by atoms with Crippen LogP contribution >= 0.6 is 11.6 Å². The monoisotopic (exact) mass is 910 g/mol. The van der Waals surface area contributed by atoms with Crippen molar-refractivity contribution in [3.63, 3.8) is 0 Å². The van der Waals surface area contributed by atoms with Gasteiger partial charge < -0.3 is 21.9 Å². The highest BCUT2D eigenvalue weighted by atomic mass is 35.5. The standard InChI is InChI=1S/C25H19ClN10O16S5/c26-23-30-24(28)32-25(31-23)29-10-1-3-14(54(41,42)43)12(7-10)33-36-21-17(57(50,51)52)6-9-5-16(56(47,48)49)20(19(27)18(9)22(21)37)35-34-13-8-11(53(38,39)40)2-4-15(13)55(44,45)46/h1-8,37H,27H2,(H,38,39,40)(H,41,42,43)(H,44,45,46)(H,47,48,49)(H,50,51,52)(H3,28,29,30,31,32). The number of anilines is 4. The third-order valence-electron chi connectivity index (χ3n) is 7.01. The van der Waals surface area contributed by atoms with E-state index in [0.717, 1.165) is 18.2 Å². The summed E-state index contributed by atoms with van der Waals surface area (Å²) in [5.41, 5.74) is 6.33. The lowest BCUT2D eigenvalue weighted by atomic mass is 10.1. The number of nitrogens with zero attached hydrogens (tertiary/aromatic N) is 7. The number of nitrogens with two attached hydrogens (primary N) is 2. The second kappa shape index (κ2) is 14.7. The SMILES string of the molecule is Nc1nc(Cl)nc(Nc2ccc(S(=O)(=O)O)c(N=Nc3c(S(=O)(=O)O)cc4cc(S(=O)(=O)O)c(N=Nc5cc(S(=O)(=O)O)ccc5S(=O)(=O)O)c(N)c4c3O)c2)n1. The van der Waals surface area contributed by atoms with Crippen molar-refractivity contribution in [3.05, 3.63) is 53.8 Å². The topological polar surface area (TPSA) is 444 Å². The number of phenols is 1. The van der Waals surface area contributed by atoms with Crippen LogP contribution in [-0.2, 0) is 50.6 Å². The summed E-state index contributed by atoms with van der Waals surface area (Å²) in [6.07, 6.45) is 0. The molecule has 0 aliphatic rings. The van der Waals surface area contributed by atoms with E-state index in [-0.39, 0.29) is 22.9 Å². The number of rotatable bonds is 11. The molecule has 0 atom stereocenters. The van der Waals surface area contributed by atoms with Crippen molar-refractivity contribution in [2.75, 3.05) is 16.8 Å².